The molecule has 0 aliphatic heterocycles. The van der Waals surface area contributed by atoms with E-state index in [1.165, 1.54) is 4.70 Å². The SMILES string of the molecule is C[C@H](N)C(N)=O.Cc1cc(-c2nc3ccccc3s2)ccc1N.Cl. The molecule has 7 heteroatoms. The average Bonchev–Trinajstić information content (AvgIpc) is 2.94. The first-order valence-electron chi connectivity index (χ1n) is 7.15. The van der Waals surface area contributed by atoms with Crippen molar-refractivity contribution in [3.8, 4) is 10.6 Å². The number of nitrogen functional groups attached to an aromatic ring is 1. The van der Waals surface area contributed by atoms with Crippen molar-refractivity contribution in [2.45, 2.75) is 19.9 Å². The number of hydrogen-bond acceptors (Lipinski definition) is 5. The topological polar surface area (TPSA) is 108 Å². The van der Waals surface area contributed by atoms with E-state index in [0.717, 1.165) is 27.3 Å². The third-order valence-electron chi connectivity index (χ3n) is 3.26. The number of para-hydroxylation sites is 1. The molecule has 0 bridgehead atoms. The number of carbonyl (C=O) groups excluding carboxylic acids is 1. The smallest absolute Gasteiger partial charge is 0.234 e. The maximum Gasteiger partial charge on any atom is 0.234 e. The van der Waals surface area contributed by atoms with Crippen molar-refractivity contribution >= 4 is 45.6 Å². The van der Waals surface area contributed by atoms with Crippen molar-refractivity contribution in [1.82, 2.24) is 4.98 Å². The molecule has 2 aromatic carbocycles. The standard InChI is InChI=1S/C14H12N2S.C3H8N2O.ClH/c1-9-8-10(6-7-11(9)15)14-16-12-4-2-3-5-13(12)17-14;1-2(4)3(5)6;/h2-8H,15H2,1H3;2H,4H2,1H3,(H2,5,6);1H/t;2-;/m.0./s1. The van der Waals surface area contributed by atoms with Crippen LogP contribution in [0, 0.1) is 6.92 Å². The molecule has 128 valence electrons. The summed E-state index contributed by atoms with van der Waals surface area (Å²) in [6, 6.07) is 13.7. The fourth-order valence-corrected chi connectivity index (χ4v) is 2.77. The summed E-state index contributed by atoms with van der Waals surface area (Å²) < 4.78 is 1.22. The van der Waals surface area contributed by atoms with Gasteiger partial charge in [-0.1, -0.05) is 12.1 Å². The molecule has 24 heavy (non-hydrogen) atoms. The van der Waals surface area contributed by atoms with Crippen LogP contribution in [0.4, 0.5) is 5.69 Å². The number of primary amides is 1. The largest absolute Gasteiger partial charge is 0.399 e. The van der Waals surface area contributed by atoms with Crippen molar-refractivity contribution in [1.29, 1.82) is 0 Å². The van der Waals surface area contributed by atoms with E-state index >= 15 is 0 Å². The molecule has 1 amide bonds. The number of aromatic nitrogens is 1. The first-order chi connectivity index (χ1) is 10.9. The summed E-state index contributed by atoms with van der Waals surface area (Å²) in [6.07, 6.45) is 0. The van der Waals surface area contributed by atoms with Crippen LogP contribution in [0.1, 0.15) is 12.5 Å². The highest BCUT2D eigenvalue weighted by Gasteiger charge is 2.06. The quantitative estimate of drug-likeness (QED) is 0.607. The highest BCUT2D eigenvalue weighted by molar-refractivity contribution is 7.21. The fraction of sp³-hybridized carbons (Fsp3) is 0.176. The van der Waals surface area contributed by atoms with E-state index in [4.69, 9.17) is 11.5 Å². The Morgan fingerprint density at radius 3 is 2.38 bits per heavy atom. The summed E-state index contributed by atoms with van der Waals surface area (Å²) in [5.74, 6) is -0.463. The van der Waals surface area contributed by atoms with Crippen molar-refractivity contribution in [2.75, 3.05) is 5.73 Å². The van der Waals surface area contributed by atoms with E-state index in [0.29, 0.717) is 0 Å². The lowest BCUT2D eigenvalue weighted by molar-refractivity contribution is -0.118. The van der Waals surface area contributed by atoms with E-state index in [1.54, 1.807) is 18.3 Å². The van der Waals surface area contributed by atoms with Crippen LogP contribution in [0.2, 0.25) is 0 Å². The number of nitrogens with zero attached hydrogens (tertiary/aromatic N) is 1. The van der Waals surface area contributed by atoms with Crippen molar-refractivity contribution in [3.05, 3.63) is 48.0 Å². The maximum atomic E-state index is 9.80. The van der Waals surface area contributed by atoms with Crippen molar-refractivity contribution < 1.29 is 4.79 Å². The van der Waals surface area contributed by atoms with Gasteiger partial charge in [0, 0.05) is 11.3 Å². The van der Waals surface area contributed by atoms with E-state index in [9.17, 15) is 4.79 Å². The first-order valence-corrected chi connectivity index (χ1v) is 7.97. The second kappa shape index (κ2) is 8.63. The van der Waals surface area contributed by atoms with Gasteiger partial charge in [-0.2, -0.15) is 0 Å². The number of benzene rings is 2. The lowest BCUT2D eigenvalue weighted by Gasteiger charge is -2.01. The summed E-state index contributed by atoms with van der Waals surface area (Å²) in [5.41, 5.74) is 19.6. The number of anilines is 1. The Morgan fingerprint density at radius 2 is 1.83 bits per heavy atom. The second-order valence-electron chi connectivity index (χ2n) is 5.25. The molecule has 1 aromatic heterocycles. The van der Waals surface area contributed by atoms with Gasteiger partial charge in [0.2, 0.25) is 5.91 Å². The highest BCUT2D eigenvalue weighted by Crippen LogP contribution is 2.31. The van der Waals surface area contributed by atoms with Gasteiger partial charge in [0.25, 0.3) is 0 Å². The Labute approximate surface area is 151 Å². The molecule has 3 aromatic rings. The molecule has 0 fully saturated rings. The summed E-state index contributed by atoms with van der Waals surface area (Å²) in [6.45, 7) is 3.56. The molecule has 0 saturated carbocycles. The van der Waals surface area contributed by atoms with Gasteiger partial charge in [-0.05, 0) is 49.7 Å². The van der Waals surface area contributed by atoms with Crippen LogP contribution in [-0.4, -0.2) is 16.9 Å². The van der Waals surface area contributed by atoms with Crippen LogP contribution >= 0.6 is 23.7 Å². The predicted molar refractivity (Wildman–Crippen MR) is 104 cm³/mol. The number of thiazole rings is 1. The molecule has 0 unspecified atom stereocenters. The average molecular weight is 365 g/mol. The number of carbonyl (C=O) groups is 1. The first kappa shape index (κ1) is 19.9. The van der Waals surface area contributed by atoms with Gasteiger partial charge < -0.3 is 17.2 Å². The maximum absolute atomic E-state index is 9.80. The van der Waals surface area contributed by atoms with Crippen molar-refractivity contribution in [3.63, 3.8) is 0 Å². The van der Waals surface area contributed by atoms with Crippen LogP contribution in [0.3, 0.4) is 0 Å². The van der Waals surface area contributed by atoms with Gasteiger partial charge in [-0.25, -0.2) is 4.98 Å². The molecular formula is C17H21ClN4OS. The number of amides is 1. The zero-order valence-electron chi connectivity index (χ0n) is 13.5. The third kappa shape index (κ3) is 4.92. The third-order valence-corrected chi connectivity index (χ3v) is 4.34. The summed E-state index contributed by atoms with van der Waals surface area (Å²) in [5, 5.41) is 1.05. The summed E-state index contributed by atoms with van der Waals surface area (Å²) in [4.78, 5) is 14.4. The minimum Gasteiger partial charge on any atom is -0.399 e. The lowest BCUT2D eigenvalue weighted by Crippen LogP contribution is -2.32. The van der Waals surface area contributed by atoms with Crippen LogP contribution in [0.15, 0.2) is 42.5 Å². The Bertz CT molecular complexity index is 799. The number of halogens is 1. The molecule has 1 atom stereocenters. The number of rotatable bonds is 2. The molecule has 5 nitrogen and oxygen atoms in total. The van der Waals surface area contributed by atoms with E-state index in [1.807, 2.05) is 37.3 Å². The molecule has 0 saturated heterocycles. The minimum atomic E-state index is -0.509. The fourth-order valence-electron chi connectivity index (χ4n) is 1.80. The van der Waals surface area contributed by atoms with Gasteiger partial charge >= 0.3 is 0 Å². The molecule has 1 heterocycles. The van der Waals surface area contributed by atoms with E-state index in [-0.39, 0.29) is 12.4 Å². The Morgan fingerprint density at radius 1 is 1.21 bits per heavy atom. The molecule has 0 aliphatic rings. The number of fused-ring (bicyclic) bond motifs is 1. The van der Waals surface area contributed by atoms with Gasteiger partial charge in [0.1, 0.15) is 5.01 Å². The van der Waals surface area contributed by atoms with Gasteiger partial charge in [0.05, 0.1) is 16.3 Å². The lowest BCUT2D eigenvalue weighted by atomic mass is 10.1. The predicted octanol–water partition coefficient (Wildman–Crippen LogP) is 3.09. The molecule has 6 N–H and O–H groups in total. The molecule has 0 spiro atoms. The number of hydrogen-bond donors (Lipinski definition) is 3. The van der Waals surface area contributed by atoms with Gasteiger partial charge in [-0.15, -0.1) is 23.7 Å². The highest BCUT2D eigenvalue weighted by atomic mass is 35.5. The number of aryl methyl sites for hydroxylation is 1. The van der Waals surface area contributed by atoms with Gasteiger partial charge in [-0.3, -0.25) is 4.79 Å². The molecule has 3 rings (SSSR count). The van der Waals surface area contributed by atoms with E-state index < -0.39 is 11.9 Å². The monoisotopic (exact) mass is 364 g/mol. The summed E-state index contributed by atoms with van der Waals surface area (Å²) >= 11 is 1.71. The van der Waals surface area contributed by atoms with Crippen LogP contribution < -0.4 is 17.2 Å². The zero-order chi connectivity index (χ0) is 17.0. The van der Waals surface area contributed by atoms with Crippen molar-refractivity contribution in [2.24, 2.45) is 11.5 Å². The Kier molecular flexibility index (Phi) is 7.16. The molecule has 0 aliphatic carbocycles. The minimum absolute atomic E-state index is 0. The van der Waals surface area contributed by atoms with Crippen LogP contribution in [-0.2, 0) is 4.79 Å². The van der Waals surface area contributed by atoms with Crippen LogP contribution in [0.25, 0.3) is 20.8 Å². The molecular weight excluding hydrogens is 344 g/mol. The van der Waals surface area contributed by atoms with Crippen LogP contribution in [0.5, 0.6) is 0 Å². The second-order valence-corrected chi connectivity index (χ2v) is 6.28. The normalized spacial score (nSPS) is 11.1. The van der Waals surface area contributed by atoms with E-state index in [2.05, 4.69) is 22.9 Å². The zero-order valence-corrected chi connectivity index (χ0v) is 15.2. The van der Waals surface area contributed by atoms with Gasteiger partial charge in [0.15, 0.2) is 0 Å². The molecule has 0 radical (unpaired) electrons. The Hall–Kier alpha value is -2.15. The summed E-state index contributed by atoms with van der Waals surface area (Å²) in [7, 11) is 0. The Balaban J connectivity index is 0.000000359. The number of nitrogens with two attached hydrogens (primary N) is 3.